The predicted octanol–water partition coefficient (Wildman–Crippen LogP) is 3.20. The van der Waals surface area contributed by atoms with Gasteiger partial charge in [-0.25, -0.2) is 4.79 Å². The highest BCUT2D eigenvalue weighted by Crippen LogP contribution is 2.21. The Morgan fingerprint density at radius 1 is 1.48 bits per heavy atom. The quantitative estimate of drug-likeness (QED) is 0.900. The lowest BCUT2D eigenvalue weighted by Gasteiger charge is -2.34. The maximum Gasteiger partial charge on any atom is 0.317 e. The van der Waals surface area contributed by atoms with E-state index in [2.05, 4.69) is 5.32 Å². The van der Waals surface area contributed by atoms with Crippen LogP contribution in [0.15, 0.2) is 24.3 Å². The number of likely N-dealkylation sites (tertiary alicyclic amines) is 1. The molecular formula is C16H23ClN2O2. The second-order valence-electron chi connectivity index (χ2n) is 5.82. The Hall–Kier alpha value is -1.26. The lowest BCUT2D eigenvalue weighted by Crippen LogP contribution is -2.47. The van der Waals surface area contributed by atoms with E-state index in [-0.39, 0.29) is 24.1 Å². The summed E-state index contributed by atoms with van der Waals surface area (Å²) in [7, 11) is 0. The van der Waals surface area contributed by atoms with Crippen LogP contribution < -0.4 is 5.32 Å². The van der Waals surface area contributed by atoms with Crippen molar-refractivity contribution in [3.63, 3.8) is 0 Å². The van der Waals surface area contributed by atoms with Crippen LogP contribution in [0.1, 0.15) is 38.3 Å². The molecule has 3 unspecified atom stereocenters. The van der Waals surface area contributed by atoms with Gasteiger partial charge in [0, 0.05) is 24.0 Å². The summed E-state index contributed by atoms with van der Waals surface area (Å²) in [5.41, 5.74) is 0.986. The van der Waals surface area contributed by atoms with Gasteiger partial charge in [-0.15, -0.1) is 0 Å². The Morgan fingerprint density at radius 2 is 2.24 bits per heavy atom. The van der Waals surface area contributed by atoms with Crippen molar-refractivity contribution in [1.29, 1.82) is 0 Å². The Labute approximate surface area is 131 Å². The second-order valence-corrected chi connectivity index (χ2v) is 6.25. The van der Waals surface area contributed by atoms with Gasteiger partial charge in [0.15, 0.2) is 0 Å². The van der Waals surface area contributed by atoms with E-state index in [1.54, 1.807) is 11.8 Å². The van der Waals surface area contributed by atoms with Crippen molar-refractivity contribution in [2.75, 3.05) is 13.1 Å². The number of urea groups is 1. The number of nitrogens with one attached hydrogen (secondary N) is 1. The first-order valence-corrected chi connectivity index (χ1v) is 7.84. The minimum Gasteiger partial charge on any atom is -0.393 e. The van der Waals surface area contributed by atoms with E-state index in [0.29, 0.717) is 11.6 Å². The minimum atomic E-state index is -0.369. The molecule has 1 heterocycles. The lowest BCUT2D eigenvalue weighted by atomic mass is 9.94. The van der Waals surface area contributed by atoms with E-state index in [1.807, 2.05) is 31.2 Å². The monoisotopic (exact) mass is 310 g/mol. The fraction of sp³-hybridized carbons (Fsp3) is 0.562. The smallest absolute Gasteiger partial charge is 0.317 e. The van der Waals surface area contributed by atoms with Crippen LogP contribution in [0.3, 0.4) is 0 Å². The minimum absolute atomic E-state index is 0.0761. The van der Waals surface area contributed by atoms with Crippen molar-refractivity contribution in [2.45, 2.75) is 38.8 Å². The fourth-order valence-electron chi connectivity index (χ4n) is 2.72. The number of piperidine rings is 1. The third-order valence-electron chi connectivity index (χ3n) is 4.12. The molecule has 0 spiro atoms. The molecule has 0 aliphatic carbocycles. The van der Waals surface area contributed by atoms with E-state index in [4.69, 9.17) is 11.6 Å². The van der Waals surface area contributed by atoms with Crippen molar-refractivity contribution in [3.8, 4) is 0 Å². The molecule has 116 valence electrons. The van der Waals surface area contributed by atoms with Crippen molar-refractivity contribution in [1.82, 2.24) is 10.2 Å². The molecule has 1 saturated heterocycles. The molecule has 1 aromatic rings. The molecule has 0 radical (unpaired) electrons. The standard InChI is InChI=1S/C16H23ClN2O2/c1-11(13-5-3-7-15(17)9-13)18-16(21)19-8-4-6-14(10-19)12(2)20/h3,5,7,9,11-12,14,20H,4,6,8,10H2,1-2H3,(H,18,21). The third-order valence-corrected chi connectivity index (χ3v) is 4.35. The molecule has 1 aliphatic rings. The third kappa shape index (κ3) is 4.35. The molecule has 0 bridgehead atoms. The van der Waals surface area contributed by atoms with Crippen LogP contribution in [0.4, 0.5) is 4.79 Å². The number of aliphatic hydroxyl groups excluding tert-OH is 1. The summed E-state index contributed by atoms with van der Waals surface area (Å²) in [4.78, 5) is 14.1. The highest BCUT2D eigenvalue weighted by Gasteiger charge is 2.27. The number of hydrogen-bond acceptors (Lipinski definition) is 2. The molecule has 1 aromatic carbocycles. The summed E-state index contributed by atoms with van der Waals surface area (Å²) >= 11 is 5.98. The summed E-state index contributed by atoms with van der Waals surface area (Å²) in [6, 6.07) is 7.34. The molecule has 4 nitrogen and oxygen atoms in total. The van der Waals surface area contributed by atoms with Crippen LogP contribution in [-0.4, -0.2) is 35.2 Å². The summed E-state index contributed by atoms with van der Waals surface area (Å²) in [6.45, 7) is 5.10. The molecule has 1 aliphatic heterocycles. The van der Waals surface area contributed by atoms with E-state index in [9.17, 15) is 9.90 Å². The van der Waals surface area contributed by atoms with E-state index < -0.39 is 0 Å². The number of hydrogen-bond donors (Lipinski definition) is 2. The molecule has 2 rings (SSSR count). The average molecular weight is 311 g/mol. The first-order chi connectivity index (χ1) is 9.97. The number of aliphatic hydroxyl groups is 1. The molecular weight excluding hydrogens is 288 g/mol. The highest BCUT2D eigenvalue weighted by atomic mass is 35.5. The first kappa shape index (κ1) is 16.1. The van der Waals surface area contributed by atoms with E-state index in [0.717, 1.165) is 24.9 Å². The largest absolute Gasteiger partial charge is 0.393 e. The zero-order chi connectivity index (χ0) is 15.4. The van der Waals surface area contributed by atoms with Gasteiger partial charge in [-0.1, -0.05) is 23.7 Å². The number of rotatable bonds is 3. The van der Waals surface area contributed by atoms with Crippen LogP contribution in [0.2, 0.25) is 5.02 Å². The Morgan fingerprint density at radius 3 is 2.90 bits per heavy atom. The predicted molar refractivity (Wildman–Crippen MR) is 84.4 cm³/mol. The van der Waals surface area contributed by atoms with Crippen molar-refractivity contribution < 1.29 is 9.90 Å². The molecule has 1 fully saturated rings. The molecule has 0 aromatic heterocycles. The normalized spacial score (nSPS) is 21.7. The molecule has 5 heteroatoms. The summed E-state index contributed by atoms with van der Waals surface area (Å²) < 4.78 is 0. The van der Waals surface area contributed by atoms with E-state index in [1.165, 1.54) is 0 Å². The van der Waals surface area contributed by atoms with Gasteiger partial charge in [-0.05, 0) is 44.4 Å². The molecule has 2 N–H and O–H groups in total. The molecule has 21 heavy (non-hydrogen) atoms. The summed E-state index contributed by atoms with van der Waals surface area (Å²) in [5.74, 6) is 0.172. The summed E-state index contributed by atoms with van der Waals surface area (Å²) in [6.07, 6.45) is 1.55. The second kappa shape index (κ2) is 7.14. The van der Waals surface area contributed by atoms with E-state index >= 15 is 0 Å². The van der Waals surface area contributed by atoms with Gasteiger partial charge in [0.1, 0.15) is 0 Å². The van der Waals surface area contributed by atoms with Gasteiger partial charge >= 0.3 is 6.03 Å². The van der Waals surface area contributed by atoms with Crippen molar-refractivity contribution in [2.24, 2.45) is 5.92 Å². The van der Waals surface area contributed by atoms with Gasteiger partial charge in [-0.2, -0.15) is 0 Å². The zero-order valence-corrected chi connectivity index (χ0v) is 13.3. The number of carbonyl (C=O) groups excluding carboxylic acids is 1. The van der Waals surface area contributed by atoms with Gasteiger partial charge < -0.3 is 15.3 Å². The van der Waals surface area contributed by atoms with Crippen molar-refractivity contribution >= 4 is 17.6 Å². The van der Waals surface area contributed by atoms with Crippen LogP contribution >= 0.6 is 11.6 Å². The molecule has 2 amide bonds. The molecule has 3 atom stereocenters. The SMILES string of the molecule is CC(NC(=O)N1CCCC(C(C)O)C1)c1cccc(Cl)c1. The highest BCUT2D eigenvalue weighted by molar-refractivity contribution is 6.30. The first-order valence-electron chi connectivity index (χ1n) is 7.46. The maximum atomic E-state index is 12.3. The van der Waals surface area contributed by atoms with Crippen LogP contribution in [0.25, 0.3) is 0 Å². The van der Waals surface area contributed by atoms with Gasteiger partial charge in [0.05, 0.1) is 12.1 Å². The Kier molecular flexibility index (Phi) is 5.48. The van der Waals surface area contributed by atoms with Crippen molar-refractivity contribution in [3.05, 3.63) is 34.9 Å². The van der Waals surface area contributed by atoms with Crippen LogP contribution in [0.5, 0.6) is 0 Å². The lowest BCUT2D eigenvalue weighted by molar-refractivity contribution is 0.0734. The topological polar surface area (TPSA) is 52.6 Å². The summed E-state index contributed by atoms with van der Waals surface area (Å²) in [5, 5.41) is 13.4. The van der Waals surface area contributed by atoms with Gasteiger partial charge in [-0.3, -0.25) is 0 Å². The Bertz CT molecular complexity index is 493. The number of benzene rings is 1. The van der Waals surface area contributed by atoms with Crippen LogP contribution in [-0.2, 0) is 0 Å². The number of amides is 2. The maximum absolute atomic E-state index is 12.3. The number of carbonyl (C=O) groups is 1. The average Bonchev–Trinajstić information content (AvgIpc) is 2.47. The van der Waals surface area contributed by atoms with Crippen LogP contribution in [0, 0.1) is 5.92 Å². The van der Waals surface area contributed by atoms with Gasteiger partial charge in [0.2, 0.25) is 0 Å². The number of nitrogens with zero attached hydrogens (tertiary/aromatic N) is 1. The van der Waals surface area contributed by atoms with Gasteiger partial charge in [0.25, 0.3) is 0 Å². The Balaban J connectivity index is 1.94. The number of halogens is 1. The fourth-order valence-corrected chi connectivity index (χ4v) is 2.92. The zero-order valence-electron chi connectivity index (χ0n) is 12.6. The molecule has 0 saturated carbocycles.